The highest BCUT2D eigenvalue weighted by Crippen LogP contribution is 2.10. The van der Waals surface area contributed by atoms with Gasteiger partial charge in [-0.15, -0.1) is 0 Å². The summed E-state index contributed by atoms with van der Waals surface area (Å²) in [5, 5.41) is 11.8. The van der Waals surface area contributed by atoms with Gasteiger partial charge >= 0.3 is 5.97 Å². The van der Waals surface area contributed by atoms with Gasteiger partial charge in [-0.3, -0.25) is 4.79 Å². The number of aromatic carboxylic acids is 1. The van der Waals surface area contributed by atoms with E-state index in [0.717, 1.165) is 18.4 Å². The molecule has 1 amide bonds. The normalized spacial score (nSPS) is 13.6. The Hall–Kier alpha value is -1.84. The van der Waals surface area contributed by atoms with Crippen LogP contribution in [0.15, 0.2) is 24.3 Å². The van der Waals surface area contributed by atoms with Gasteiger partial charge in [0, 0.05) is 6.04 Å². The van der Waals surface area contributed by atoms with Crippen molar-refractivity contribution in [1.29, 1.82) is 0 Å². The monoisotopic (exact) mass is 277 g/mol. The van der Waals surface area contributed by atoms with Crippen molar-refractivity contribution in [1.82, 2.24) is 5.32 Å². The van der Waals surface area contributed by atoms with Crippen LogP contribution in [0.5, 0.6) is 0 Å². The van der Waals surface area contributed by atoms with Crippen LogP contribution >= 0.6 is 0 Å². The lowest BCUT2D eigenvalue weighted by Gasteiger charge is -2.17. The van der Waals surface area contributed by atoms with Gasteiger partial charge in [0.25, 0.3) is 0 Å². The molecule has 0 bridgehead atoms. The van der Waals surface area contributed by atoms with Crippen molar-refractivity contribution in [2.24, 2.45) is 5.92 Å². The van der Waals surface area contributed by atoms with Gasteiger partial charge in [0.05, 0.1) is 12.0 Å². The van der Waals surface area contributed by atoms with Gasteiger partial charge in [-0.1, -0.05) is 32.4 Å². The Balaban J connectivity index is 2.47. The fourth-order valence-electron chi connectivity index (χ4n) is 2.11. The number of carboxylic acid groups (broad SMARTS) is 1. The fraction of sp³-hybridized carbons (Fsp3) is 0.500. The van der Waals surface area contributed by atoms with Crippen molar-refractivity contribution in [2.45, 2.75) is 46.1 Å². The lowest BCUT2D eigenvalue weighted by molar-refractivity contribution is -0.121. The van der Waals surface area contributed by atoms with Crippen molar-refractivity contribution in [3.63, 3.8) is 0 Å². The number of carbonyl (C=O) groups excluding carboxylic acids is 1. The van der Waals surface area contributed by atoms with Crippen LogP contribution in [0.1, 0.15) is 49.5 Å². The third-order valence-electron chi connectivity index (χ3n) is 3.43. The van der Waals surface area contributed by atoms with Gasteiger partial charge in [-0.2, -0.15) is 0 Å². The minimum Gasteiger partial charge on any atom is -0.478 e. The molecule has 110 valence electrons. The van der Waals surface area contributed by atoms with E-state index in [1.807, 2.05) is 6.92 Å². The van der Waals surface area contributed by atoms with Gasteiger partial charge in [0.1, 0.15) is 0 Å². The predicted molar refractivity (Wildman–Crippen MR) is 78.8 cm³/mol. The third-order valence-corrected chi connectivity index (χ3v) is 3.43. The van der Waals surface area contributed by atoms with E-state index in [2.05, 4.69) is 19.2 Å². The second-order valence-electron chi connectivity index (χ2n) is 5.40. The summed E-state index contributed by atoms with van der Waals surface area (Å²) in [7, 11) is 0. The van der Waals surface area contributed by atoms with Crippen molar-refractivity contribution < 1.29 is 14.7 Å². The third kappa shape index (κ3) is 5.43. The smallest absolute Gasteiger partial charge is 0.335 e. The van der Waals surface area contributed by atoms with Crippen molar-refractivity contribution in [2.75, 3.05) is 0 Å². The second kappa shape index (κ2) is 7.68. The van der Waals surface area contributed by atoms with Crippen LogP contribution in [0.25, 0.3) is 0 Å². The number of carbonyl (C=O) groups is 2. The summed E-state index contributed by atoms with van der Waals surface area (Å²) in [4.78, 5) is 22.6. The molecular weight excluding hydrogens is 254 g/mol. The highest BCUT2D eigenvalue weighted by atomic mass is 16.4. The molecule has 4 heteroatoms. The predicted octanol–water partition coefficient (Wildman–Crippen LogP) is 2.87. The van der Waals surface area contributed by atoms with Crippen LogP contribution in [-0.2, 0) is 11.2 Å². The molecule has 1 aromatic carbocycles. The summed E-state index contributed by atoms with van der Waals surface area (Å²) < 4.78 is 0. The van der Waals surface area contributed by atoms with Crippen molar-refractivity contribution >= 4 is 11.9 Å². The molecule has 0 aliphatic heterocycles. The number of carboxylic acids is 1. The Morgan fingerprint density at radius 2 is 1.80 bits per heavy atom. The maximum absolute atomic E-state index is 11.9. The molecular formula is C16H23NO3. The van der Waals surface area contributed by atoms with Crippen molar-refractivity contribution in [3.05, 3.63) is 35.4 Å². The average Bonchev–Trinajstić information content (AvgIpc) is 2.38. The Morgan fingerprint density at radius 1 is 1.20 bits per heavy atom. The van der Waals surface area contributed by atoms with Crippen LogP contribution in [0.4, 0.5) is 0 Å². The van der Waals surface area contributed by atoms with Crippen LogP contribution in [0, 0.1) is 5.92 Å². The topological polar surface area (TPSA) is 66.4 Å². The molecule has 0 aliphatic rings. The second-order valence-corrected chi connectivity index (χ2v) is 5.40. The van der Waals surface area contributed by atoms with E-state index in [1.165, 1.54) is 12.1 Å². The maximum atomic E-state index is 11.9. The molecule has 2 atom stereocenters. The number of nitrogens with one attached hydrogen (secondary N) is 1. The zero-order chi connectivity index (χ0) is 15.1. The zero-order valence-electron chi connectivity index (χ0n) is 12.3. The quantitative estimate of drug-likeness (QED) is 0.805. The minimum atomic E-state index is -0.955. The molecule has 0 radical (unpaired) electrons. The van der Waals surface area contributed by atoms with E-state index in [-0.39, 0.29) is 23.9 Å². The molecule has 0 heterocycles. The summed E-state index contributed by atoms with van der Waals surface area (Å²) in [6, 6.07) is 6.57. The van der Waals surface area contributed by atoms with Gasteiger partial charge in [-0.25, -0.2) is 4.79 Å². The first-order valence-electron chi connectivity index (χ1n) is 7.04. The van der Waals surface area contributed by atoms with Gasteiger partial charge in [0.2, 0.25) is 5.91 Å². The van der Waals surface area contributed by atoms with E-state index < -0.39 is 5.97 Å². The molecule has 0 spiro atoms. The fourth-order valence-corrected chi connectivity index (χ4v) is 2.11. The van der Waals surface area contributed by atoms with Gasteiger partial charge in [-0.05, 0) is 37.0 Å². The van der Waals surface area contributed by atoms with E-state index in [4.69, 9.17) is 5.11 Å². The number of amides is 1. The Labute approximate surface area is 120 Å². The van der Waals surface area contributed by atoms with Crippen LogP contribution in [-0.4, -0.2) is 23.0 Å². The summed E-state index contributed by atoms with van der Waals surface area (Å²) in [5.74, 6) is -0.382. The Bertz CT molecular complexity index is 453. The molecule has 1 rings (SSSR count). The maximum Gasteiger partial charge on any atom is 0.335 e. The highest BCUT2D eigenvalue weighted by Gasteiger charge is 2.11. The number of benzene rings is 1. The summed E-state index contributed by atoms with van der Waals surface area (Å²) >= 11 is 0. The highest BCUT2D eigenvalue weighted by molar-refractivity contribution is 5.87. The lowest BCUT2D eigenvalue weighted by Crippen LogP contribution is -2.34. The van der Waals surface area contributed by atoms with Crippen LogP contribution < -0.4 is 5.32 Å². The van der Waals surface area contributed by atoms with Gasteiger partial charge < -0.3 is 10.4 Å². The lowest BCUT2D eigenvalue weighted by atomic mass is 10.00. The van der Waals surface area contributed by atoms with Gasteiger partial charge in [0.15, 0.2) is 0 Å². The van der Waals surface area contributed by atoms with E-state index >= 15 is 0 Å². The first-order chi connectivity index (χ1) is 9.42. The minimum absolute atomic E-state index is 0.0242. The van der Waals surface area contributed by atoms with Crippen LogP contribution in [0.2, 0.25) is 0 Å². The molecule has 0 saturated heterocycles. The summed E-state index contributed by atoms with van der Waals surface area (Å²) in [6.07, 6.45) is 2.36. The van der Waals surface area contributed by atoms with Crippen LogP contribution in [0.3, 0.4) is 0 Å². The van der Waals surface area contributed by atoms with E-state index in [0.29, 0.717) is 5.92 Å². The number of rotatable bonds is 7. The van der Waals surface area contributed by atoms with E-state index in [1.54, 1.807) is 12.1 Å². The molecule has 0 aromatic heterocycles. The molecule has 2 N–H and O–H groups in total. The summed E-state index contributed by atoms with van der Waals surface area (Å²) in [5.41, 5.74) is 1.06. The first-order valence-corrected chi connectivity index (χ1v) is 7.04. The SMILES string of the molecule is CCC(C)CC(C)NC(=O)Cc1ccc(C(=O)O)cc1. The largest absolute Gasteiger partial charge is 0.478 e. The number of hydrogen-bond donors (Lipinski definition) is 2. The molecule has 0 saturated carbocycles. The van der Waals surface area contributed by atoms with Crippen molar-refractivity contribution in [3.8, 4) is 0 Å². The molecule has 2 unspecified atom stereocenters. The molecule has 1 aromatic rings. The summed E-state index contributed by atoms with van der Waals surface area (Å²) in [6.45, 7) is 6.33. The zero-order valence-corrected chi connectivity index (χ0v) is 12.3. The Morgan fingerprint density at radius 3 is 2.30 bits per heavy atom. The Kier molecular flexibility index (Phi) is 6.22. The first kappa shape index (κ1) is 16.2. The number of hydrogen-bond acceptors (Lipinski definition) is 2. The molecule has 0 fully saturated rings. The van der Waals surface area contributed by atoms with E-state index in [9.17, 15) is 9.59 Å². The molecule has 0 aliphatic carbocycles. The average molecular weight is 277 g/mol. The molecule has 4 nitrogen and oxygen atoms in total. The molecule has 20 heavy (non-hydrogen) atoms. The standard InChI is InChI=1S/C16H23NO3/c1-4-11(2)9-12(3)17-15(18)10-13-5-7-14(8-6-13)16(19)20/h5-8,11-12H,4,9-10H2,1-3H3,(H,17,18)(H,19,20).